The van der Waals surface area contributed by atoms with E-state index in [1.807, 2.05) is 24.3 Å². The van der Waals surface area contributed by atoms with E-state index < -0.39 is 17.3 Å². The maximum absolute atomic E-state index is 12.8. The molecule has 0 aliphatic carbocycles. The van der Waals surface area contributed by atoms with Gasteiger partial charge in [0, 0.05) is 31.9 Å². The molecule has 2 aliphatic heterocycles. The summed E-state index contributed by atoms with van der Waals surface area (Å²) in [6, 6.07) is 13.7. The van der Waals surface area contributed by atoms with Gasteiger partial charge in [0.2, 0.25) is 0 Å². The molecule has 2 aromatic rings. The number of alkyl halides is 3. The van der Waals surface area contributed by atoms with E-state index >= 15 is 0 Å². The van der Waals surface area contributed by atoms with Gasteiger partial charge in [0.15, 0.2) is 0 Å². The molecule has 0 saturated carbocycles. The molecule has 6 heteroatoms. The van der Waals surface area contributed by atoms with Crippen LogP contribution in [-0.4, -0.2) is 48.1 Å². The van der Waals surface area contributed by atoms with Crippen molar-refractivity contribution in [2.24, 2.45) is 0 Å². The van der Waals surface area contributed by atoms with Crippen LogP contribution in [0.25, 0.3) is 5.70 Å². The average molecular weight is 445 g/mol. The quantitative estimate of drug-likeness (QED) is 0.678. The van der Waals surface area contributed by atoms with E-state index in [0.717, 1.165) is 74.2 Å². The highest BCUT2D eigenvalue weighted by atomic mass is 19.4. The van der Waals surface area contributed by atoms with Crippen molar-refractivity contribution in [3.8, 4) is 0 Å². The molecule has 2 aromatic carbocycles. The molecule has 0 radical (unpaired) electrons. The van der Waals surface area contributed by atoms with Crippen molar-refractivity contribution >= 4 is 5.70 Å². The summed E-state index contributed by atoms with van der Waals surface area (Å²) in [6.45, 7) is 7.71. The molecule has 2 fully saturated rings. The summed E-state index contributed by atoms with van der Waals surface area (Å²) in [6.07, 6.45) is -1.05. The Morgan fingerprint density at radius 1 is 0.938 bits per heavy atom. The van der Waals surface area contributed by atoms with Crippen LogP contribution in [-0.2, 0) is 11.8 Å². The molecule has 0 amide bonds. The lowest BCUT2D eigenvalue weighted by Crippen LogP contribution is -2.40. The van der Waals surface area contributed by atoms with Gasteiger partial charge in [-0.1, -0.05) is 43.0 Å². The standard InChI is InChI=1S/C26H31F3N2O/c1-19(20-3-7-23(8-4-20)25(32)13-17-30(2)18-14-25)31-15-11-22(12-16-31)21-5-9-24(10-6-21)26(27,28)29/h3-10,22,32H,1,11-18H2,2H3. The van der Waals surface area contributed by atoms with Crippen LogP contribution in [0.5, 0.6) is 0 Å². The van der Waals surface area contributed by atoms with E-state index in [1.54, 1.807) is 12.1 Å². The monoisotopic (exact) mass is 444 g/mol. The van der Waals surface area contributed by atoms with Crippen LogP contribution in [0.1, 0.15) is 53.9 Å². The van der Waals surface area contributed by atoms with Crippen LogP contribution in [0.4, 0.5) is 13.2 Å². The van der Waals surface area contributed by atoms with Crippen molar-refractivity contribution in [3.05, 3.63) is 77.4 Å². The number of rotatable bonds is 4. The van der Waals surface area contributed by atoms with Gasteiger partial charge in [-0.2, -0.15) is 13.2 Å². The van der Waals surface area contributed by atoms with Crippen molar-refractivity contribution < 1.29 is 18.3 Å². The molecular weight excluding hydrogens is 413 g/mol. The molecule has 0 bridgehead atoms. The number of hydrogen-bond acceptors (Lipinski definition) is 3. The van der Waals surface area contributed by atoms with Gasteiger partial charge in [0.25, 0.3) is 0 Å². The molecule has 2 saturated heterocycles. The first-order valence-electron chi connectivity index (χ1n) is 11.3. The fraction of sp³-hybridized carbons (Fsp3) is 0.462. The van der Waals surface area contributed by atoms with E-state index in [9.17, 15) is 18.3 Å². The first kappa shape index (κ1) is 22.9. The first-order chi connectivity index (χ1) is 15.2. The maximum Gasteiger partial charge on any atom is 0.416 e. The summed E-state index contributed by atoms with van der Waals surface area (Å²) in [5.41, 5.74) is 2.57. The molecule has 0 atom stereocenters. The Bertz CT molecular complexity index is 921. The number of hydrogen-bond donors (Lipinski definition) is 1. The van der Waals surface area contributed by atoms with Gasteiger partial charge in [-0.15, -0.1) is 0 Å². The normalized spacial score (nSPS) is 20.3. The summed E-state index contributed by atoms with van der Waals surface area (Å²) in [5, 5.41) is 11.0. The SMILES string of the molecule is C=C(c1ccc(C2(O)CCN(C)CC2)cc1)N1CCC(c2ccc(C(F)(F)F)cc2)CC1. The largest absolute Gasteiger partial charge is 0.416 e. The lowest BCUT2D eigenvalue weighted by molar-refractivity contribution is -0.137. The highest BCUT2D eigenvalue weighted by Gasteiger charge is 2.33. The summed E-state index contributed by atoms with van der Waals surface area (Å²) < 4.78 is 38.4. The molecule has 2 aliphatic rings. The van der Waals surface area contributed by atoms with Crippen LogP contribution < -0.4 is 0 Å². The van der Waals surface area contributed by atoms with E-state index in [2.05, 4.69) is 23.4 Å². The Morgan fingerprint density at radius 3 is 2.03 bits per heavy atom. The average Bonchev–Trinajstić information content (AvgIpc) is 2.80. The Labute approximate surface area is 188 Å². The molecule has 0 aromatic heterocycles. The third kappa shape index (κ3) is 4.86. The van der Waals surface area contributed by atoms with Crippen LogP contribution in [0.3, 0.4) is 0 Å². The minimum absolute atomic E-state index is 0.266. The minimum atomic E-state index is -4.29. The fourth-order valence-electron chi connectivity index (χ4n) is 4.86. The number of halogens is 3. The minimum Gasteiger partial charge on any atom is -0.385 e. The predicted molar refractivity (Wildman–Crippen MR) is 121 cm³/mol. The van der Waals surface area contributed by atoms with Crippen LogP contribution in [0.15, 0.2) is 55.1 Å². The number of likely N-dealkylation sites (tertiary alicyclic amines) is 2. The zero-order chi connectivity index (χ0) is 22.9. The predicted octanol–water partition coefficient (Wildman–Crippen LogP) is 5.47. The van der Waals surface area contributed by atoms with E-state index in [0.29, 0.717) is 0 Å². The summed E-state index contributed by atoms with van der Waals surface area (Å²) in [4.78, 5) is 4.48. The van der Waals surface area contributed by atoms with Gasteiger partial charge >= 0.3 is 6.18 Å². The van der Waals surface area contributed by atoms with Crippen LogP contribution >= 0.6 is 0 Å². The summed E-state index contributed by atoms with van der Waals surface area (Å²) >= 11 is 0. The molecular formula is C26H31F3N2O. The maximum atomic E-state index is 12.8. The summed E-state index contributed by atoms with van der Waals surface area (Å²) in [7, 11) is 2.08. The zero-order valence-electron chi connectivity index (χ0n) is 18.5. The Hall–Kier alpha value is -2.31. The third-order valence-corrected chi connectivity index (χ3v) is 7.16. The highest BCUT2D eigenvalue weighted by molar-refractivity contribution is 5.62. The van der Waals surface area contributed by atoms with E-state index in [-0.39, 0.29) is 5.92 Å². The molecule has 172 valence electrons. The highest BCUT2D eigenvalue weighted by Crippen LogP contribution is 2.36. The topological polar surface area (TPSA) is 26.7 Å². The van der Waals surface area contributed by atoms with Gasteiger partial charge in [-0.05, 0) is 67.5 Å². The van der Waals surface area contributed by atoms with Crippen molar-refractivity contribution in [3.63, 3.8) is 0 Å². The van der Waals surface area contributed by atoms with Gasteiger partial charge < -0.3 is 14.9 Å². The third-order valence-electron chi connectivity index (χ3n) is 7.16. The van der Waals surface area contributed by atoms with Crippen LogP contribution in [0, 0.1) is 0 Å². The second kappa shape index (κ2) is 8.91. The molecule has 0 spiro atoms. The molecule has 4 rings (SSSR count). The number of benzene rings is 2. The zero-order valence-corrected chi connectivity index (χ0v) is 18.5. The fourth-order valence-corrected chi connectivity index (χ4v) is 4.86. The number of aliphatic hydroxyl groups is 1. The van der Waals surface area contributed by atoms with Crippen molar-refractivity contribution in [2.45, 2.75) is 43.4 Å². The smallest absolute Gasteiger partial charge is 0.385 e. The van der Waals surface area contributed by atoms with Crippen molar-refractivity contribution in [1.29, 1.82) is 0 Å². The van der Waals surface area contributed by atoms with Crippen molar-refractivity contribution in [2.75, 3.05) is 33.2 Å². The van der Waals surface area contributed by atoms with Gasteiger partial charge in [0.1, 0.15) is 0 Å². The molecule has 0 unspecified atom stereocenters. The Morgan fingerprint density at radius 2 is 1.50 bits per heavy atom. The molecule has 32 heavy (non-hydrogen) atoms. The second-order valence-electron chi connectivity index (χ2n) is 9.24. The number of nitrogens with zero attached hydrogens (tertiary/aromatic N) is 2. The van der Waals surface area contributed by atoms with Gasteiger partial charge in [-0.3, -0.25) is 0 Å². The van der Waals surface area contributed by atoms with E-state index in [4.69, 9.17) is 0 Å². The second-order valence-corrected chi connectivity index (χ2v) is 9.24. The summed E-state index contributed by atoms with van der Waals surface area (Å²) in [5.74, 6) is 0.266. The first-order valence-corrected chi connectivity index (χ1v) is 11.3. The Balaban J connectivity index is 1.35. The molecule has 2 heterocycles. The van der Waals surface area contributed by atoms with Crippen LogP contribution in [0.2, 0.25) is 0 Å². The van der Waals surface area contributed by atoms with Crippen molar-refractivity contribution in [1.82, 2.24) is 9.80 Å². The lowest BCUT2D eigenvalue weighted by Gasteiger charge is -2.37. The lowest BCUT2D eigenvalue weighted by atomic mass is 9.84. The number of piperidine rings is 2. The molecule has 1 N–H and O–H groups in total. The Kier molecular flexibility index (Phi) is 6.37. The van der Waals surface area contributed by atoms with E-state index in [1.165, 1.54) is 12.1 Å². The van der Waals surface area contributed by atoms with Gasteiger partial charge in [0.05, 0.1) is 11.2 Å². The molecule has 3 nitrogen and oxygen atoms in total. The van der Waals surface area contributed by atoms with Gasteiger partial charge in [-0.25, -0.2) is 0 Å².